The Morgan fingerprint density at radius 3 is 2.72 bits per heavy atom. The standard InChI is InChI=1S/C13H15N3O2/c1-10(13(17)18)15-12-5-3-11(4-6-12)9-16-8-2-7-14-16/h2-8,10,15H,9H2,1H3,(H,17,18). The molecule has 2 N–H and O–H groups in total. The molecule has 0 radical (unpaired) electrons. The summed E-state index contributed by atoms with van der Waals surface area (Å²) in [6.07, 6.45) is 3.64. The van der Waals surface area contributed by atoms with Gasteiger partial charge in [0.05, 0.1) is 6.54 Å². The lowest BCUT2D eigenvalue weighted by molar-refractivity contribution is -0.137. The van der Waals surface area contributed by atoms with Crippen LogP contribution in [0.15, 0.2) is 42.7 Å². The average molecular weight is 245 g/mol. The van der Waals surface area contributed by atoms with Gasteiger partial charge in [-0.15, -0.1) is 0 Å². The smallest absolute Gasteiger partial charge is 0.325 e. The Labute approximate surface area is 105 Å². The lowest BCUT2D eigenvalue weighted by Crippen LogP contribution is -2.25. The molecule has 0 saturated carbocycles. The number of rotatable bonds is 5. The summed E-state index contributed by atoms with van der Waals surface area (Å²) in [6, 6.07) is 8.94. The van der Waals surface area contributed by atoms with Crippen molar-refractivity contribution in [2.24, 2.45) is 0 Å². The van der Waals surface area contributed by atoms with Crippen LogP contribution < -0.4 is 5.32 Å². The van der Waals surface area contributed by atoms with Gasteiger partial charge in [0.25, 0.3) is 0 Å². The van der Waals surface area contributed by atoms with Crippen LogP contribution in [0, 0.1) is 0 Å². The van der Waals surface area contributed by atoms with Crippen LogP contribution in [0.1, 0.15) is 12.5 Å². The van der Waals surface area contributed by atoms with Gasteiger partial charge < -0.3 is 10.4 Å². The zero-order valence-corrected chi connectivity index (χ0v) is 10.1. The van der Waals surface area contributed by atoms with Gasteiger partial charge in [-0.3, -0.25) is 9.48 Å². The van der Waals surface area contributed by atoms with Crippen LogP contribution in [-0.2, 0) is 11.3 Å². The summed E-state index contributed by atoms with van der Waals surface area (Å²) in [5, 5.41) is 15.8. The molecule has 0 saturated heterocycles. The van der Waals surface area contributed by atoms with Crippen LogP contribution in [0.25, 0.3) is 0 Å². The molecule has 1 heterocycles. The van der Waals surface area contributed by atoms with Gasteiger partial charge in [0, 0.05) is 18.1 Å². The van der Waals surface area contributed by atoms with Crippen molar-refractivity contribution in [3.05, 3.63) is 48.3 Å². The predicted molar refractivity (Wildman–Crippen MR) is 68.5 cm³/mol. The molecule has 0 aliphatic heterocycles. The molecular formula is C13H15N3O2. The minimum Gasteiger partial charge on any atom is -0.480 e. The summed E-state index contributed by atoms with van der Waals surface area (Å²) in [7, 11) is 0. The number of anilines is 1. The van der Waals surface area contributed by atoms with E-state index in [1.165, 1.54) is 0 Å². The maximum atomic E-state index is 10.7. The minimum absolute atomic E-state index is 0.595. The SMILES string of the molecule is CC(Nc1ccc(Cn2cccn2)cc1)C(=O)O. The molecule has 18 heavy (non-hydrogen) atoms. The van der Waals surface area contributed by atoms with E-state index in [9.17, 15) is 4.79 Å². The second-order valence-electron chi connectivity index (χ2n) is 4.10. The van der Waals surface area contributed by atoms with Crippen molar-refractivity contribution >= 4 is 11.7 Å². The maximum absolute atomic E-state index is 10.7. The van der Waals surface area contributed by atoms with Crippen molar-refractivity contribution in [1.29, 1.82) is 0 Å². The van der Waals surface area contributed by atoms with E-state index in [1.54, 1.807) is 13.1 Å². The maximum Gasteiger partial charge on any atom is 0.325 e. The highest BCUT2D eigenvalue weighted by Crippen LogP contribution is 2.11. The van der Waals surface area contributed by atoms with Gasteiger partial charge in [-0.1, -0.05) is 12.1 Å². The number of carbonyl (C=O) groups is 1. The van der Waals surface area contributed by atoms with E-state index in [-0.39, 0.29) is 0 Å². The van der Waals surface area contributed by atoms with Crippen LogP contribution in [0.4, 0.5) is 5.69 Å². The average Bonchev–Trinajstić information content (AvgIpc) is 2.84. The lowest BCUT2D eigenvalue weighted by Gasteiger charge is -2.11. The number of aliphatic carboxylic acids is 1. The Kier molecular flexibility index (Phi) is 3.62. The molecular weight excluding hydrogens is 230 g/mol. The third kappa shape index (κ3) is 3.10. The molecule has 2 rings (SSSR count). The number of nitrogens with one attached hydrogen (secondary N) is 1. The number of carboxylic acids is 1. The molecule has 1 aromatic carbocycles. The second kappa shape index (κ2) is 5.35. The van der Waals surface area contributed by atoms with Gasteiger partial charge >= 0.3 is 5.97 Å². The highest BCUT2D eigenvalue weighted by molar-refractivity contribution is 5.76. The summed E-state index contributed by atoms with van der Waals surface area (Å²) in [5.74, 6) is -0.865. The molecule has 2 aromatic rings. The predicted octanol–water partition coefficient (Wildman–Crippen LogP) is 1.82. The molecule has 0 spiro atoms. The van der Waals surface area contributed by atoms with E-state index in [2.05, 4.69) is 10.4 Å². The topological polar surface area (TPSA) is 67.2 Å². The summed E-state index contributed by atoms with van der Waals surface area (Å²) >= 11 is 0. The van der Waals surface area contributed by atoms with Crippen molar-refractivity contribution in [2.45, 2.75) is 19.5 Å². The highest BCUT2D eigenvalue weighted by atomic mass is 16.4. The zero-order chi connectivity index (χ0) is 13.0. The van der Waals surface area contributed by atoms with Gasteiger partial charge in [-0.25, -0.2) is 0 Å². The summed E-state index contributed by atoms with van der Waals surface area (Å²) < 4.78 is 1.84. The number of carboxylic acid groups (broad SMARTS) is 1. The van der Waals surface area contributed by atoms with Gasteiger partial charge in [0.1, 0.15) is 6.04 Å². The Morgan fingerprint density at radius 2 is 2.17 bits per heavy atom. The fraction of sp³-hybridized carbons (Fsp3) is 0.231. The van der Waals surface area contributed by atoms with Gasteiger partial charge in [0.2, 0.25) is 0 Å². The van der Waals surface area contributed by atoms with E-state index in [0.717, 1.165) is 11.3 Å². The van der Waals surface area contributed by atoms with E-state index in [0.29, 0.717) is 6.54 Å². The Bertz CT molecular complexity index is 506. The molecule has 1 unspecified atom stereocenters. The van der Waals surface area contributed by atoms with Crippen LogP contribution in [0.3, 0.4) is 0 Å². The fourth-order valence-corrected chi connectivity index (χ4v) is 1.60. The number of benzene rings is 1. The van der Waals surface area contributed by atoms with Crippen molar-refractivity contribution in [3.63, 3.8) is 0 Å². The third-order valence-corrected chi connectivity index (χ3v) is 2.61. The minimum atomic E-state index is -0.865. The monoisotopic (exact) mass is 245 g/mol. The van der Waals surface area contributed by atoms with Gasteiger partial charge in [0.15, 0.2) is 0 Å². The molecule has 0 fully saturated rings. The molecule has 0 bridgehead atoms. The van der Waals surface area contributed by atoms with Crippen LogP contribution in [-0.4, -0.2) is 26.9 Å². The van der Waals surface area contributed by atoms with Crippen molar-refractivity contribution < 1.29 is 9.90 Å². The van der Waals surface area contributed by atoms with E-state index >= 15 is 0 Å². The van der Waals surface area contributed by atoms with E-state index < -0.39 is 12.0 Å². The second-order valence-corrected chi connectivity index (χ2v) is 4.10. The quantitative estimate of drug-likeness (QED) is 0.843. The number of hydrogen-bond donors (Lipinski definition) is 2. The zero-order valence-electron chi connectivity index (χ0n) is 10.1. The molecule has 0 aliphatic rings. The molecule has 1 aromatic heterocycles. The summed E-state index contributed by atoms with van der Waals surface area (Å²) in [6.45, 7) is 2.32. The van der Waals surface area contributed by atoms with Gasteiger partial charge in [-0.05, 0) is 30.7 Å². The molecule has 94 valence electrons. The van der Waals surface area contributed by atoms with Crippen LogP contribution in [0.2, 0.25) is 0 Å². The fourth-order valence-electron chi connectivity index (χ4n) is 1.60. The first-order valence-electron chi connectivity index (χ1n) is 5.71. The highest BCUT2D eigenvalue weighted by Gasteiger charge is 2.09. The molecule has 5 nitrogen and oxygen atoms in total. The van der Waals surface area contributed by atoms with Crippen LogP contribution in [0.5, 0.6) is 0 Å². The summed E-state index contributed by atoms with van der Waals surface area (Å²) in [4.78, 5) is 10.7. The molecule has 0 amide bonds. The normalized spacial score (nSPS) is 12.1. The van der Waals surface area contributed by atoms with Crippen molar-refractivity contribution in [3.8, 4) is 0 Å². The number of hydrogen-bond acceptors (Lipinski definition) is 3. The molecule has 5 heteroatoms. The Balaban J connectivity index is 1.99. The van der Waals surface area contributed by atoms with Crippen LogP contribution >= 0.6 is 0 Å². The third-order valence-electron chi connectivity index (χ3n) is 2.61. The lowest BCUT2D eigenvalue weighted by atomic mass is 10.2. The largest absolute Gasteiger partial charge is 0.480 e. The Hall–Kier alpha value is -2.30. The van der Waals surface area contributed by atoms with Gasteiger partial charge in [-0.2, -0.15) is 5.10 Å². The van der Waals surface area contributed by atoms with Crippen molar-refractivity contribution in [1.82, 2.24) is 9.78 Å². The van der Waals surface area contributed by atoms with Crippen molar-refractivity contribution in [2.75, 3.05) is 5.32 Å². The number of aromatic nitrogens is 2. The first-order chi connectivity index (χ1) is 8.65. The first kappa shape index (κ1) is 12.2. The molecule has 1 atom stereocenters. The molecule has 0 aliphatic carbocycles. The van der Waals surface area contributed by atoms with E-state index in [4.69, 9.17) is 5.11 Å². The van der Waals surface area contributed by atoms with E-state index in [1.807, 2.05) is 41.2 Å². The number of nitrogens with zero attached hydrogens (tertiary/aromatic N) is 2. The first-order valence-corrected chi connectivity index (χ1v) is 5.71. The summed E-state index contributed by atoms with van der Waals surface area (Å²) in [5.41, 5.74) is 1.92. The Morgan fingerprint density at radius 1 is 1.44 bits per heavy atom.